The molecule has 2 aromatic carbocycles. The number of aliphatic imine (C=N–C) groups is 1. The van der Waals surface area contributed by atoms with E-state index >= 15 is 4.39 Å². The van der Waals surface area contributed by atoms with Crippen molar-refractivity contribution in [2.24, 2.45) is 10.1 Å². The van der Waals surface area contributed by atoms with Gasteiger partial charge < -0.3 is 32.5 Å². The monoisotopic (exact) mass is 681 g/mol. The number of benzene rings is 2. The molecule has 0 aliphatic carbocycles. The van der Waals surface area contributed by atoms with Crippen molar-refractivity contribution < 1.29 is 40.4 Å². The third-order valence-electron chi connectivity index (χ3n) is 7.22. The van der Waals surface area contributed by atoms with Crippen LogP contribution in [0.15, 0.2) is 57.9 Å². The number of hydrogen-bond donors (Lipinski definition) is 2. The molecule has 2 heterocycles. The molecule has 1 aromatic heterocycles. The second kappa shape index (κ2) is 16.7. The highest BCUT2D eigenvalue weighted by atomic mass is 35.5. The van der Waals surface area contributed by atoms with Gasteiger partial charge in [-0.3, -0.25) is 0 Å². The minimum Gasteiger partial charge on any atom is -1.00 e. The lowest BCUT2D eigenvalue weighted by Crippen LogP contribution is -3.00. The zero-order valence-corrected chi connectivity index (χ0v) is 27.4. The molecular weight excluding hydrogens is 647 g/mol. The van der Waals surface area contributed by atoms with Gasteiger partial charge in [0.05, 0.1) is 22.3 Å². The van der Waals surface area contributed by atoms with Crippen LogP contribution >= 0.6 is 23.7 Å². The molecule has 15 heteroatoms. The number of alkyl carbamates (subject to hydrolysis) is 1. The zero-order valence-electron chi connectivity index (χ0n) is 25.0. The number of nitrogens with zero attached hydrogens (tertiary/aromatic N) is 6. The summed E-state index contributed by atoms with van der Waals surface area (Å²) >= 11 is 1.27. The average Bonchev–Trinajstić information content (AvgIpc) is 3.66. The highest BCUT2D eigenvalue weighted by Crippen LogP contribution is 2.42. The number of quaternary nitrogens is 1. The number of amides is 1. The Morgan fingerprint density at radius 1 is 1.24 bits per heavy atom. The van der Waals surface area contributed by atoms with Crippen LogP contribution in [0.25, 0.3) is 11.3 Å². The first kappa shape index (κ1) is 37.7. The summed E-state index contributed by atoms with van der Waals surface area (Å²) in [7, 11) is 3.89. The summed E-state index contributed by atoms with van der Waals surface area (Å²) in [5, 5.41) is 30.8. The Hall–Kier alpha value is -3.51. The molecule has 1 aliphatic rings. The Morgan fingerprint density at radius 3 is 2.62 bits per heavy atom. The van der Waals surface area contributed by atoms with E-state index in [1.165, 1.54) is 24.0 Å². The Bertz CT molecular complexity index is 1520. The van der Waals surface area contributed by atoms with Gasteiger partial charge >= 0.3 is 6.09 Å². The van der Waals surface area contributed by atoms with Gasteiger partial charge in [0.25, 0.3) is 0 Å². The third-order valence-corrected chi connectivity index (χ3v) is 8.25. The van der Waals surface area contributed by atoms with Crippen LogP contribution in [-0.2, 0) is 10.3 Å². The second-order valence-corrected chi connectivity index (χ2v) is 11.5. The van der Waals surface area contributed by atoms with Gasteiger partial charge in [-0.25, -0.2) is 18.6 Å². The van der Waals surface area contributed by atoms with E-state index in [0.29, 0.717) is 22.8 Å². The van der Waals surface area contributed by atoms with Gasteiger partial charge in [-0.2, -0.15) is 10.3 Å². The third kappa shape index (κ3) is 9.49. The van der Waals surface area contributed by atoms with Crippen LogP contribution in [0.5, 0.6) is 0 Å². The minimum atomic E-state index is -2.01. The summed E-state index contributed by atoms with van der Waals surface area (Å²) < 4.78 is 34.8. The molecule has 10 nitrogen and oxygen atoms in total. The van der Waals surface area contributed by atoms with Crippen molar-refractivity contribution in [3.8, 4) is 17.3 Å². The number of aliphatic hydroxyl groups is 1. The number of ether oxygens (including phenoxy) is 1. The summed E-state index contributed by atoms with van der Waals surface area (Å²) in [4.78, 5) is 23.0. The number of nitrogens with one attached hydrogen (secondary N) is 1. The highest BCUT2D eigenvalue weighted by molar-refractivity contribution is 7.10. The number of aromatic nitrogens is 1. The van der Waals surface area contributed by atoms with Gasteiger partial charge in [0, 0.05) is 29.0 Å². The molecule has 3 aromatic rings. The fraction of sp³-hybridized carbons (Fsp3) is 0.367. The van der Waals surface area contributed by atoms with E-state index in [9.17, 15) is 14.3 Å². The van der Waals surface area contributed by atoms with Crippen molar-refractivity contribution in [1.82, 2.24) is 15.2 Å². The first-order valence-electron chi connectivity index (χ1n) is 13.7. The van der Waals surface area contributed by atoms with Gasteiger partial charge in [0.15, 0.2) is 11.9 Å². The molecule has 0 fully saturated rings. The summed E-state index contributed by atoms with van der Waals surface area (Å²) in [6.45, 7) is 2.73. The van der Waals surface area contributed by atoms with Crippen LogP contribution in [0.3, 0.4) is 0 Å². The molecular formula is C30H35Cl2F2N7O3S. The molecule has 0 saturated heterocycles. The fourth-order valence-electron chi connectivity index (χ4n) is 4.77. The number of rotatable bonds is 13. The quantitative estimate of drug-likeness (QED) is 0.210. The Labute approximate surface area is 277 Å². The minimum absolute atomic E-state index is 0. The second-order valence-electron chi connectivity index (χ2n) is 10.6. The van der Waals surface area contributed by atoms with Gasteiger partial charge in [-0.15, -0.1) is 28.3 Å². The largest absolute Gasteiger partial charge is 1.00 e. The maximum Gasteiger partial charge on any atom is 0.407 e. The maximum atomic E-state index is 15.3. The fourth-order valence-corrected chi connectivity index (χ4v) is 5.74. The lowest BCUT2D eigenvalue weighted by Gasteiger charge is -2.38. The van der Waals surface area contributed by atoms with Crippen molar-refractivity contribution >= 4 is 42.5 Å². The summed E-state index contributed by atoms with van der Waals surface area (Å²) in [5.74, 6) is -2.31. The Balaban J connectivity index is 0.00000353. The Kier molecular flexibility index (Phi) is 14.0. The molecule has 242 valence electrons. The van der Waals surface area contributed by atoms with Gasteiger partial charge in [0.1, 0.15) is 31.3 Å². The topological polar surface area (TPSA) is 123 Å². The molecule has 4 rings (SSSR count). The van der Waals surface area contributed by atoms with E-state index < -0.39 is 29.2 Å². The molecule has 0 saturated carbocycles. The summed E-state index contributed by atoms with van der Waals surface area (Å²) in [6.07, 6.45) is 2.94. The van der Waals surface area contributed by atoms with E-state index in [-0.39, 0.29) is 54.7 Å². The highest BCUT2D eigenvalue weighted by Gasteiger charge is 2.49. The molecule has 1 amide bonds. The van der Waals surface area contributed by atoms with E-state index in [2.05, 4.69) is 21.5 Å². The molecule has 1 aliphatic heterocycles. The SMILES string of the molecule is C[C@@H](c1nc(-c2ccc(C#N)cc2)cs1)[C@](O)(C[N+]1(CCOC(=O)NCCCN(C)C)C=NC=N1)c1cc(F)ccc1F.Cl.[Cl-]. The zero-order chi connectivity index (χ0) is 31.0. The van der Waals surface area contributed by atoms with Crippen LogP contribution in [0.2, 0.25) is 0 Å². The van der Waals surface area contributed by atoms with Crippen molar-refractivity contribution in [1.29, 1.82) is 5.26 Å². The molecule has 0 radical (unpaired) electrons. The summed E-state index contributed by atoms with van der Waals surface area (Å²) in [6, 6.07) is 11.9. The van der Waals surface area contributed by atoms with Crippen LogP contribution in [0, 0.1) is 23.0 Å². The number of halogens is 4. The number of nitriles is 1. The molecule has 1 unspecified atom stereocenters. The standard InChI is InChI=1S/C30H33F2N7O3S.2ClH/c1-21(28-37-27(17-43-28)23-7-5-22(16-33)6-8-23)30(41,25-15-24(31)9-10-26(25)32)18-39(20-34-19-36-39)13-14-42-29(40)35-11-4-12-38(2)3;;/h5-10,15,17,19-21,41H,4,11-14,18H2,1-3H3;2*1H/t21-,30+,39?;;/m0../s1. The van der Waals surface area contributed by atoms with E-state index in [0.717, 1.165) is 36.7 Å². The van der Waals surface area contributed by atoms with E-state index in [1.807, 2.05) is 19.0 Å². The lowest BCUT2D eigenvalue weighted by atomic mass is 9.81. The maximum absolute atomic E-state index is 15.3. The Morgan fingerprint density at radius 2 is 1.98 bits per heavy atom. The van der Waals surface area contributed by atoms with Crippen molar-refractivity contribution in [3.05, 3.63) is 75.6 Å². The smallest absolute Gasteiger partial charge is 0.407 e. The number of carbonyl (C=O) groups excluding carboxylic acids is 1. The predicted octanol–water partition coefficient (Wildman–Crippen LogP) is 1.86. The first-order valence-corrected chi connectivity index (χ1v) is 14.6. The lowest BCUT2D eigenvalue weighted by molar-refractivity contribution is -0.848. The van der Waals surface area contributed by atoms with Crippen molar-refractivity contribution in [2.45, 2.75) is 24.9 Å². The number of carbonyl (C=O) groups is 1. The average molecular weight is 683 g/mol. The van der Waals surface area contributed by atoms with Crippen LogP contribution in [0.1, 0.15) is 35.4 Å². The van der Waals surface area contributed by atoms with Crippen molar-refractivity contribution in [2.75, 3.05) is 46.9 Å². The van der Waals surface area contributed by atoms with Crippen LogP contribution < -0.4 is 17.7 Å². The first-order chi connectivity index (χ1) is 20.5. The van der Waals surface area contributed by atoms with E-state index in [4.69, 9.17) is 15.0 Å². The molecule has 0 spiro atoms. The van der Waals surface area contributed by atoms with Crippen LogP contribution in [0.4, 0.5) is 13.6 Å². The molecule has 45 heavy (non-hydrogen) atoms. The van der Waals surface area contributed by atoms with E-state index in [1.54, 1.807) is 36.6 Å². The normalized spacial score (nSPS) is 17.1. The van der Waals surface area contributed by atoms with Gasteiger partial charge in [0.2, 0.25) is 6.34 Å². The van der Waals surface area contributed by atoms with Crippen molar-refractivity contribution in [3.63, 3.8) is 0 Å². The molecule has 0 bridgehead atoms. The number of hydrogen-bond acceptors (Lipinski definition) is 9. The van der Waals surface area contributed by atoms with Crippen LogP contribution in [-0.4, -0.2) is 85.2 Å². The summed E-state index contributed by atoms with van der Waals surface area (Å²) in [5.41, 5.74) is -0.355. The predicted molar refractivity (Wildman–Crippen MR) is 168 cm³/mol. The molecule has 2 N–H and O–H groups in total. The number of thiazole rings is 1. The molecule has 3 atom stereocenters. The van der Waals surface area contributed by atoms with Gasteiger partial charge in [-0.1, -0.05) is 24.2 Å². The van der Waals surface area contributed by atoms with Gasteiger partial charge in [-0.05, 0) is 57.4 Å².